The molecule has 2 atom stereocenters. The lowest BCUT2D eigenvalue weighted by Crippen LogP contribution is -2.64. The molecule has 1 saturated carbocycles. The van der Waals surface area contributed by atoms with Gasteiger partial charge in [-0.3, -0.25) is 0 Å². The number of nitrogens with one attached hydrogen (secondary N) is 4. The summed E-state index contributed by atoms with van der Waals surface area (Å²) in [6.07, 6.45) is -0.336. The highest BCUT2D eigenvalue weighted by molar-refractivity contribution is 6.08. The first-order valence-corrected chi connectivity index (χ1v) is 13.8. The van der Waals surface area contributed by atoms with E-state index in [2.05, 4.69) is 73.2 Å². The summed E-state index contributed by atoms with van der Waals surface area (Å²) in [6, 6.07) is 20.5. The van der Waals surface area contributed by atoms with Crippen LogP contribution in [0.4, 0.5) is 22.7 Å². The summed E-state index contributed by atoms with van der Waals surface area (Å²) in [7, 11) is 0. The fourth-order valence-corrected chi connectivity index (χ4v) is 6.77. The van der Waals surface area contributed by atoms with Crippen molar-refractivity contribution in [1.82, 2.24) is 0 Å². The topological polar surface area (TPSA) is 94.2 Å². The fraction of sp³-hybridized carbons (Fsp3) is 0.375. The predicted octanol–water partition coefficient (Wildman–Crippen LogP) is 5.26. The summed E-state index contributed by atoms with van der Waals surface area (Å²) < 4.78 is 0. The molecule has 2 aliphatic heterocycles. The second kappa shape index (κ2) is 8.01. The molecule has 0 bridgehead atoms. The molecular weight excluding hydrogens is 472 g/mol. The molecule has 1 aliphatic carbocycles. The van der Waals surface area contributed by atoms with Gasteiger partial charge in [0.2, 0.25) is 0 Å². The van der Waals surface area contributed by atoms with Crippen molar-refractivity contribution < 1.29 is 10.2 Å². The van der Waals surface area contributed by atoms with E-state index in [9.17, 15) is 10.2 Å². The molecule has 0 radical (unpaired) electrons. The van der Waals surface area contributed by atoms with Gasteiger partial charge in [0.25, 0.3) is 0 Å². The Morgan fingerprint density at radius 1 is 0.605 bits per heavy atom. The minimum atomic E-state index is -1.02. The van der Waals surface area contributed by atoms with Gasteiger partial charge >= 0.3 is 0 Å². The average Bonchev–Trinajstić information content (AvgIpc) is 2.91. The van der Waals surface area contributed by atoms with E-state index in [1.807, 2.05) is 36.4 Å². The molecule has 2 unspecified atom stereocenters. The Kier molecular flexibility index (Phi) is 4.98. The summed E-state index contributed by atoms with van der Waals surface area (Å²) in [6.45, 7) is 8.51. The Labute approximate surface area is 223 Å². The predicted molar refractivity (Wildman–Crippen MR) is 153 cm³/mol. The minimum Gasteiger partial charge on any atom is -0.851 e. The van der Waals surface area contributed by atoms with E-state index >= 15 is 0 Å². The van der Waals surface area contributed by atoms with E-state index in [0.717, 1.165) is 68.3 Å². The van der Waals surface area contributed by atoms with Crippen LogP contribution in [0, 0.1) is 0 Å². The van der Waals surface area contributed by atoms with Gasteiger partial charge in [0, 0.05) is 33.5 Å². The van der Waals surface area contributed by atoms with Crippen LogP contribution in [0.5, 0.6) is 0 Å². The molecule has 1 fully saturated rings. The highest BCUT2D eigenvalue weighted by Gasteiger charge is 2.43. The molecule has 6 nitrogen and oxygen atoms in total. The van der Waals surface area contributed by atoms with E-state index in [-0.39, 0.29) is 11.3 Å². The molecule has 6 heteroatoms. The second-order valence-electron chi connectivity index (χ2n) is 11.7. The van der Waals surface area contributed by atoms with Gasteiger partial charge in [0.05, 0.1) is 0 Å². The van der Waals surface area contributed by atoms with Crippen molar-refractivity contribution in [3.8, 4) is 0 Å². The maximum Gasteiger partial charge on any atom is 0.105 e. The van der Waals surface area contributed by atoms with Crippen LogP contribution in [-0.4, -0.2) is 23.5 Å². The molecule has 2 heterocycles. The van der Waals surface area contributed by atoms with Crippen LogP contribution in [0.15, 0.2) is 60.7 Å². The molecule has 0 spiro atoms. The van der Waals surface area contributed by atoms with Crippen LogP contribution in [0.3, 0.4) is 0 Å². The van der Waals surface area contributed by atoms with E-state index in [0.29, 0.717) is 0 Å². The lowest BCUT2D eigenvalue weighted by atomic mass is 9.62. The summed E-state index contributed by atoms with van der Waals surface area (Å²) in [5.74, 6) is -1.20. The van der Waals surface area contributed by atoms with E-state index in [1.165, 1.54) is 0 Å². The zero-order chi connectivity index (χ0) is 26.4. The Balaban J connectivity index is 1.32. The highest BCUT2D eigenvalue weighted by Crippen LogP contribution is 2.54. The van der Waals surface area contributed by atoms with Gasteiger partial charge in [0.1, 0.15) is 11.3 Å². The zero-order valence-corrected chi connectivity index (χ0v) is 22.3. The van der Waals surface area contributed by atoms with E-state index < -0.39 is 24.0 Å². The lowest BCUT2D eigenvalue weighted by Gasteiger charge is -2.62. The van der Waals surface area contributed by atoms with Gasteiger partial charge in [-0.15, -0.1) is 12.2 Å². The Bertz CT molecular complexity index is 1470. The molecular formula is C32H34N4O2-2. The van der Waals surface area contributed by atoms with Crippen LogP contribution in [0.1, 0.15) is 63.5 Å². The SMILES string of the molecule is CCC1(C)Nc2cccc3ccc(C4C([O-])C(c5ccc6cccc7c6c5NC(C)(CC)N7)C4[O-])c(c23)N1. The molecule has 196 valence electrons. The van der Waals surface area contributed by atoms with Gasteiger partial charge in [0.15, 0.2) is 0 Å². The maximum atomic E-state index is 14.0. The highest BCUT2D eigenvalue weighted by atomic mass is 16.3. The summed E-state index contributed by atoms with van der Waals surface area (Å²) >= 11 is 0. The van der Waals surface area contributed by atoms with Crippen molar-refractivity contribution >= 4 is 44.3 Å². The largest absolute Gasteiger partial charge is 0.851 e. The maximum absolute atomic E-state index is 14.0. The monoisotopic (exact) mass is 506 g/mol. The minimum absolute atomic E-state index is 0.349. The summed E-state index contributed by atoms with van der Waals surface area (Å²) in [5, 5.41) is 47.0. The Hall–Kier alpha value is -3.48. The number of benzene rings is 4. The number of hydrogen-bond acceptors (Lipinski definition) is 6. The Morgan fingerprint density at radius 2 is 1.03 bits per heavy atom. The van der Waals surface area contributed by atoms with Gasteiger partial charge in [-0.05, 0) is 72.6 Å². The van der Waals surface area contributed by atoms with Crippen molar-refractivity contribution in [2.24, 2.45) is 0 Å². The number of rotatable bonds is 4. The van der Waals surface area contributed by atoms with E-state index in [1.54, 1.807) is 0 Å². The first kappa shape index (κ1) is 23.6. The standard InChI is InChI=1S/C32H34N4O2/c1-5-31(3)33-21-11-7-9-17-13-15-19(27(35-31)23(17)21)25-29(37)26(30(25)38)20-16-14-18-10-8-12-22-24(18)28(20)36-32(4,6-2)34-22/h7-16,25-26,29-30,33-36H,5-6H2,1-4H3/q-2. The molecule has 4 N–H and O–H groups in total. The van der Waals surface area contributed by atoms with Crippen molar-refractivity contribution in [1.29, 1.82) is 0 Å². The zero-order valence-electron chi connectivity index (χ0n) is 22.3. The van der Waals surface area contributed by atoms with Gasteiger partial charge < -0.3 is 31.5 Å². The third-order valence-corrected chi connectivity index (χ3v) is 9.33. The normalized spacial score (nSPS) is 31.1. The fourth-order valence-electron chi connectivity index (χ4n) is 6.77. The van der Waals surface area contributed by atoms with Crippen LogP contribution >= 0.6 is 0 Å². The van der Waals surface area contributed by atoms with Crippen LogP contribution < -0.4 is 31.5 Å². The van der Waals surface area contributed by atoms with Gasteiger partial charge in [-0.1, -0.05) is 62.4 Å². The third-order valence-electron chi connectivity index (χ3n) is 9.33. The van der Waals surface area contributed by atoms with Crippen LogP contribution in [0.2, 0.25) is 0 Å². The lowest BCUT2D eigenvalue weighted by molar-refractivity contribution is -0.535. The third kappa shape index (κ3) is 3.20. The molecule has 0 aromatic heterocycles. The first-order chi connectivity index (χ1) is 18.3. The van der Waals surface area contributed by atoms with Gasteiger partial charge in [-0.25, -0.2) is 0 Å². The molecule has 7 rings (SSSR count). The molecule has 38 heavy (non-hydrogen) atoms. The molecule has 0 saturated heterocycles. The smallest absolute Gasteiger partial charge is 0.105 e. The molecule has 0 amide bonds. The average molecular weight is 507 g/mol. The number of anilines is 4. The first-order valence-electron chi connectivity index (χ1n) is 13.8. The van der Waals surface area contributed by atoms with Crippen molar-refractivity contribution in [3.63, 3.8) is 0 Å². The summed E-state index contributed by atoms with van der Waals surface area (Å²) in [5.41, 5.74) is 4.98. The molecule has 4 aromatic carbocycles. The van der Waals surface area contributed by atoms with Gasteiger partial charge in [-0.2, -0.15) is 0 Å². The van der Waals surface area contributed by atoms with Crippen LogP contribution in [-0.2, 0) is 0 Å². The number of hydrogen-bond donors (Lipinski definition) is 4. The molecule has 3 aliphatic rings. The van der Waals surface area contributed by atoms with Crippen molar-refractivity contribution in [3.05, 3.63) is 71.8 Å². The Morgan fingerprint density at radius 3 is 1.42 bits per heavy atom. The van der Waals surface area contributed by atoms with Crippen molar-refractivity contribution in [2.75, 3.05) is 21.3 Å². The van der Waals surface area contributed by atoms with E-state index in [4.69, 9.17) is 0 Å². The summed E-state index contributed by atoms with van der Waals surface area (Å²) in [4.78, 5) is 0. The quantitative estimate of drug-likeness (QED) is 0.302. The van der Waals surface area contributed by atoms with Crippen molar-refractivity contribution in [2.45, 2.75) is 75.9 Å². The molecule has 4 aromatic rings. The second-order valence-corrected chi connectivity index (χ2v) is 11.7. The van der Waals surface area contributed by atoms with Crippen LogP contribution in [0.25, 0.3) is 21.5 Å².